The first-order valence-corrected chi connectivity index (χ1v) is 10.9. The zero-order valence-electron chi connectivity index (χ0n) is 15.4. The highest BCUT2D eigenvalue weighted by Crippen LogP contribution is 2.22. The second-order valence-corrected chi connectivity index (χ2v) is 9.54. The molecule has 0 spiro atoms. The van der Waals surface area contributed by atoms with Crippen molar-refractivity contribution in [1.82, 2.24) is 9.29 Å². The van der Waals surface area contributed by atoms with Crippen molar-refractivity contribution in [3.8, 4) is 0 Å². The summed E-state index contributed by atoms with van der Waals surface area (Å²) in [4.78, 5) is 16.5. The molecule has 0 aliphatic carbocycles. The lowest BCUT2D eigenvalue weighted by Gasteiger charge is -2.34. The van der Waals surface area contributed by atoms with Crippen LogP contribution in [0.15, 0.2) is 34.5 Å². The number of ether oxygens (including phenoxy) is 2. The van der Waals surface area contributed by atoms with E-state index in [9.17, 15) is 13.2 Å². The SMILES string of the molecule is Cc1nc(COC(=O)c2ccc(S(=O)(=O)N3C[C@H](C)O[C@@H](C)C3)cc2)cs1. The van der Waals surface area contributed by atoms with E-state index in [1.165, 1.54) is 39.9 Å². The van der Waals surface area contributed by atoms with E-state index in [-0.39, 0.29) is 23.7 Å². The summed E-state index contributed by atoms with van der Waals surface area (Å²) >= 11 is 1.49. The number of aryl methyl sites for hydroxylation is 1. The van der Waals surface area contributed by atoms with E-state index < -0.39 is 16.0 Å². The van der Waals surface area contributed by atoms with Gasteiger partial charge in [-0.05, 0) is 45.0 Å². The van der Waals surface area contributed by atoms with E-state index >= 15 is 0 Å². The first-order valence-electron chi connectivity index (χ1n) is 8.59. The van der Waals surface area contributed by atoms with Gasteiger partial charge in [0.25, 0.3) is 0 Å². The fourth-order valence-corrected chi connectivity index (χ4v) is 5.12. The Morgan fingerprint density at radius 3 is 2.44 bits per heavy atom. The van der Waals surface area contributed by atoms with E-state index in [0.29, 0.717) is 24.3 Å². The molecular formula is C18H22N2O5S2. The highest BCUT2D eigenvalue weighted by Gasteiger charge is 2.32. The molecule has 0 unspecified atom stereocenters. The van der Waals surface area contributed by atoms with Crippen LogP contribution in [0.3, 0.4) is 0 Å². The molecule has 1 aromatic carbocycles. The van der Waals surface area contributed by atoms with Gasteiger partial charge in [-0.1, -0.05) is 0 Å². The first kappa shape index (κ1) is 19.9. The Bertz CT molecular complexity index is 898. The zero-order chi connectivity index (χ0) is 19.6. The second kappa shape index (κ2) is 8.05. The smallest absolute Gasteiger partial charge is 0.338 e. The zero-order valence-corrected chi connectivity index (χ0v) is 17.0. The molecule has 2 atom stereocenters. The highest BCUT2D eigenvalue weighted by molar-refractivity contribution is 7.89. The Morgan fingerprint density at radius 1 is 1.26 bits per heavy atom. The number of carbonyl (C=O) groups excluding carboxylic acids is 1. The Kier molecular flexibility index (Phi) is 5.95. The van der Waals surface area contributed by atoms with Gasteiger partial charge in [0.15, 0.2) is 0 Å². The van der Waals surface area contributed by atoms with Crippen molar-refractivity contribution in [2.75, 3.05) is 13.1 Å². The van der Waals surface area contributed by atoms with Gasteiger partial charge in [0, 0.05) is 18.5 Å². The monoisotopic (exact) mass is 410 g/mol. The van der Waals surface area contributed by atoms with Crippen LogP contribution in [0.25, 0.3) is 0 Å². The van der Waals surface area contributed by atoms with Gasteiger partial charge in [-0.3, -0.25) is 0 Å². The van der Waals surface area contributed by atoms with Gasteiger partial charge >= 0.3 is 5.97 Å². The molecule has 0 N–H and O–H groups in total. The lowest BCUT2D eigenvalue weighted by Crippen LogP contribution is -2.48. The normalized spacial score (nSPS) is 21.1. The number of sulfonamides is 1. The number of esters is 1. The van der Waals surface area contributed by atoms with E-state index in [1.54, 1.807) is 0 Å². The van der Waals surface area contributed by atoms with Crippen LogP contribution in [0.2, 0.25) is 0 Å². The molecule has 9 heteroatoms. The van der Waals surface area contributed by atoms with Crippen molar-refractivity contribution in [3.63, 3.8) is 0 Å². The minimum atomic E-state index is -3.63. The van der Waals surface area contributed by atoms with Crippen LogP contribution in [-0.2, 0) is 26.1 Å². The van der Waals surface area contributed by atoms with Crippen molar-refractivity contribution < 1.29 is 22.7 Å². The molecule has 1 aliphatic rings. The van der Waals surface area contributed by atoms with Gasteiger partial charge < -0.3 is 9.47 Å². The van der Waals surface area contributed by atoms with Gasteiger partial charge in [0.05, 0.1) is 33.4 Å². The van der Waals surface area contributed by atoms with E-state index in [1.807, 2.05) is 26.2 Å². The lowest BCUT2D eigenvalue weighted by molar-refractivity contribution is -0.0440. The molecule has 0 radical (unpaired) electrons. The molecule has 2 aromatic rings. The van der Waals surface area contributed by atoms with Gasteiger partial charge in [0.1, 0.15) is 6.61 Å². The molecule has 1 aliphatic heterocycles. The molecule has 146 valence electrons. The number of hydrogen-bond donors (Lipinski definition) is 0. The third kappa shape index (κ3) is 4.73. The summed E-state index contributed by atoms with van der Waals surface area (Å²) in [7, 11) is -3.63. The van der Waals surface area contributed by atoms with Gasteiger partial charge in [0.2, 0.25) is 10.0 Å². The predicted molar refractivity (Wildman–Crippen MR) is 101 cm³/mol. The van der Waals surface area contributed by atoms with Crippen molar-refractivity contribution in [2.45, 2.75) is 44.5 Å². The minimum absolute atomic E-state index is 0.0901. The molecular weight excluding hydrogens is 388 g/mol. The summed E-state index contributed by atoms with van der Waals surface area (Å²) < 4.78 is 37.9. The largest absolute Gasteiger partial charge is 0.456 e. The Labute approximate surface area is 163 Å². The van der Waals surface area contributed by atoms with Gasteiger partial charge in [-0.2, -0.15) is 4.31 Å². The summed E-state index contributed by atoms with van der Waals surface area (Å²) in [6, 6.07) is 5.80. The molecule has 7 nitrogen and oxygen atoms in total. The highest BCUT2D eigenvalue weighted by atomic mass is 32.2. The average Bonchev–Trinajstić information content (AvgIpc) is 3.04. The van der Waals surface area contributed by atoms with E-state index in [4.69, 9.17) is 9.47 Å². The number of aromatic nitrogens is 1. The molecule has 27 heavy (non-hydrogen) atoms. The van der Waals surface area contributed by atoms with Crippen LogP contribution >= 0.6 is 11.3 Å². The Hall–Kier alpha value is -1.81. The van der Waals surface area contributed by atoms with Crippen molar-refractivity contribution in [1.29, 1.82) is 0 Å². The molecule has 0 bridgehead atoms. The van der Waals surface area contributed by atoms with E-state index in [0.717, 1.165) is 5.01 Å². The second-order valence-electron chi connectivity index (χ2n) is 6.54. The number of rotatable bonds is 5. The number of benzene rings is 1. The number of nitrogens with zero attached hydrogens (tertiary/aromatic N) is 2. The van der Waals surface area contributed by atoms with Crippen LogP contribution in [0.4, 0.5) is 0 Å². The molecule has 1 aromatic heterocycles. The topological polar surface area (TPSA) is 85.8 Å². The maximum Gasteiger partial charge on any atom is 0.338 e. The average molecular weight is 411 g/mol. The summed E-state index contributed by atoms with van der Waals surface area (Å²) in [6.45, 7) is 6.28. The standard InChI is InChI=1S/C18H22N2O5S2/c1-12-8-20(9-13(2)25-12)27(22,23)17-6-4-15(5-7-17)18(21)24-10-16-11-26-14(3)19-16/h4-7,11-13H,8-10H2,1-3H3/t12-,13-/m0/s1. The number of morpholine rings is 1. The quantitative estimate of drug-likeness (QED) is 0.705. The molecule has 1 fully saturated rings. The van der Waals surface area contributed by atoms with Gasteiger partial charge in [-0.25, -0.2) is 18.2 Å². The maximum absolute atomic E-state index is 12.8. The fraction of sp³-hybridized carbons (Fsp3) is 0.444. The third-order valence-electron chi connectivity index (χ3n) is 4.13. The molecule has 1 saturated heterocycles. The number of thiazole rings is 1. The van der Waals surface area contributed by atoms with Gasteiger partial charge in [-0.15, -0.1) is 11.3 Å². The lowest BCUT2D eigenvalue weighted by atomic mass is 10.2. The number of hydrogen-bond acceptors (Lipinski definition) is 7. The maximum atomic E-state index is 12.8. The Balaban J connectivity index is 1.67. The predicted octanol–water partition coefficient (Wildman–Crippen LogP) is 2.61. The third-order valence-corrected chi connectivity index (χ3v) is 6.80. The summed E-state index contributed by atoms with van der Waals surface area (Å²) in [5.74, 6) is -0.516. The van der Waals surface area contributed by atoms with Crippen molar-refractivity contribution >= 4 is 27.3 Å². The van der Waals surface area contributed by atoms with Crippen LogP contribution in [0.5, 0.6) is 0 Å². The number of carbonyl (C=O) groups is 1. The van der Waals surface area contributed by atoms with Crippen LogP contribution < -0.4 is 0 Å². The van der Waals surface area contributed by atoms with Crippen LogP contribution in [0.1, 0.15) is 34.9 Å². The fourth-order valence-electron chi connectivity index (χ4n) is 2.94. The first-order chi connectivity index (χ1) is 12.8. The molecule has 3 rings (SSSR count). The van der Waals surface area contributed by atoms with Crippen LogP contribution in [0, 0.1) is 6.92 Å². The molecule has 2 heterocycles. The minimum Gasteiger partial charge on any atom is -0.456 e. The Morgan fingerprint density at radius 2 is 1.89 bits per heavy atom. The van der Waals surface area contributed by atoms with Crippen molar-refractivity contribution in [2.24, 2.45) is 0 Å². The van der Waals surface area contributed by atoms with Crippen LogP contribution in [-0.4, -0.2) is 49.0 Å². The molecule has 0 saturated carbocycles. The van der Waals surface area contributed by atoms with E-state index in [2.05, 4.69) is 4.98 Å². The molecule has 0 amide bonds. The summed E-state index contributed by atoms with van der Waals surface area (Å²) in [5, 5.41) is 2.74. The van der Waals surface area contributed by atoms with Crippen molar-refractivity contribution in [3.05, 3.63) is 45.9 Å². The summed E-state index contributed by atoms with van der Waals surface area (Å²) in [6.07, 6.45) is -0.320. The summed E-state index contributed by atoms with van der Waals surface area (Å²) in [5.41, 5.74) is 0.991.